The second-order valence-corrected chi connectivity index (χ2v) is 6.92. The van der Waals surface area contributed by atoms with Crippen molar-refractivity contribution < 1.29 is 24.4 Å². The van der Waals surface area contributed by atoms with Crippen LogP contribution in [0.1, 0.15) is 11.1 Å². The molecule has 0 saturated carbocycles. The maximum absolute atomic E-state index is 9.98. The van der Waals surface area contributed by atoms with Gasteiger partial charge in [0.25, 0.3) is 5.88 Å². The number of hydrogen-bond acceptors (Lipinski definition) is 7. The minimum absolute atomic E-state index is 0.0179. The number of benzene rings is 2. The molecule has 0 aliphatic heterocycles. The summed E-state index contributed by atoms with van der Waals surface area (Å²) in [4.78, 5) is 4.36. The Morgan fingerprint density at radius 2 is 1.52 bits per heavy atom. The van der Waals surface area contributed by atoms with Crippen molar-refractivity contribution in [1.29, 1.82) is 0 Å². The SMILES string of the molecule is OCCNCC(O)COc1cnc(OCc2ccccc2)c(OCc2ccccc2)c1. The van der Waals surface area contributed by atoms with E-state index < -0.39 is 6.10 Å². The fraction of sp³-hybridized carbons (Fsp3) is 0.292. The van der Waals surface area contributed by atoms with Gasteiger partial charge >= 0.3 is 0 Å². The van der Waals surface area contributed by atoms with Crippen molar-refractivity contribution in [3.8, 4) is 17.4 Å². The number of rotatable bonds is 13. The van der Waals surface area contributed by atoms with Gasteiger partial charge in [-0.2, -0.15) is 0 Å². The molecule has 0 spiro atoms. The zero-order valence-corrected chi connectivity index (χ0v) is 17.3. The van der Waals surface area contributed by atoms with E-state index in [0.29, 0.717) is 43.7 Å². The first-order valence-electron chi connectivity index (χ1n) is 10.2. The molecule has 3 rings (SSSR count). The van der Waals surface area contributed by atoms with Crippen molar-refractivity contribution in [3.63, 3.8) is 0 Å². The largest absolute Gasteiger partial charge is 0.489 e. The molecule has 0 radical (unpaired) electrons. The Kier molecular flexibility index (Phi) is 9.12. The smallest absolute Gasteiger partial charge is 0.257 e. The molecule has 3 N–H and O–H groups in total. The summed E-state index contributed by atoms with van der Waals surface area (Å²) in [5, 5.41) is 21.7. The molecule has 3 aromatic rings. The summed E-state index contributed by atoms with van der Waals surface area (Å²) < 4.78 is 17.5. The predicted molar refractivity (Wildman–Crippen MR) is 117 cm³/mol. The summed E-state index contributed by atoms with van der Waals surface area (Å²) in [7, 11) is 0. The Morgan fingerprint density at radius 1 is 0.871 bits per heavy atom. The van der Waals surface area contributed by atoms with Gasteiger partial charge in [0, 0.05) is 19.2 Å². The lowest BCUT2D eigenvalue weighted by molar-refractivity contribution is 0.104. The molecular weight excluding hydrogens is 396 g/mol. The number of aliphatic hydroxyl groups excluding tert-OH is 2. The molecule has 0 saturated heterocycles. The number of ether oxygens (including phenoxy) is 3. The standard InChI is InChI=1S/C24H28N2O5/c27-12-11-25-14-21(28)18-29-22-13-23(30-16-19-7-3-1-4-8-19)24(26-15-22)31-17-20-9-5-2-6-10-20/h1-10,13,15,21,25,27-28H,11-12,14,16-18H2. The van der Waals surface area contributed by atoms with Crippen molar-refractivity contribution in [2.45, 2.75) is 19.3 Å². The zero-order chi connectivity index (χ0) is 21.7. The summed E-state index contributed by atoms with van der Waals surface area (Å²) in [5.41, 5.74) is 2.05. The van der Waals surface area contributed by atoms with Gasteiger partial charge in [0.2, 0.25) is 0 Å². The zero-order valence-electron chi connectivity index (χ0n) is 17.3. The van der Waals surface area contributed by atoms with Crippen molar-refractivity contribution in [3.05, 3.63) is 84.1 Å². The molecule has 7 nitrogen and oxygen atoms in total. The molecule has 31 heavy (non-hydrogen) atoms. The van der Waals surface area contributed by atoms with E-state index in [1.54, 1.807) is 12.3 Å². The summed E-state index contributed by atoms with van der Waals surface area (Å²) in [6.07, 6.45) is 0.832. The van der Waals surface area contributed by atoms with Gasteiger partial charge in [0.1, 0.15) is 31.7 Å². The summed E-state index contributed by atoms with van der Waals surface area (Å²) in [6.45, 7) is 1.58. The second-order valence-electron chi connectivity index (χ2n) is 6.92. The Balaban J connectivity index is 1.65. The molecule has 1 aromatic heterocycles. The van der Waals surface area contributed by atoms with Gasteiger partial charge in [-0.15, -0.1) is 0 Å². The minimum Gasteiger partial charge on any atom is -0.489 e. The number of pyridine rings is 1. The third-order valence-electron chi connectivity index (χ3n) is 4.36. The van der Waals surface area contributed by atoms with Crippen LogP contribution < -0.4 is 19.5 Å². The van der Waals surface area contributed by atoms with Crippen molar-refractivity contribution in [2.24, 2.45) is 0 Å². The Labute approximate surface area is 182 Å². The van der Waals surface area contributed by atoms with E-state index in [0.717, 1.165) is 11.1 Å². The molecular formula is C24H28N2O5. The van der Waals surface area contributed by atoms with Gasteiger partial charge in [0.05, 0.1) is 12.8 Å². The fourth-order valence-electron chi connectivity index (χ4n) is 2.77. The van der Waals surface area contributed by atoms with Crippen LogP contribution in [-0.4, -0.2) is 47.6 Å². The first kappa shape index (κ1) is 22.6. The van der Waals surface area contributed by atoms with Crippen LogP contribution in [-0.2, 0) is 13.2 Å². The van der Waals surface area contributed by atoms with Gasteiger partial charge in [-0.05, 0) is 11.1 Å². The summed E-state index contributed by atoms with van der Waals surface area (Å²) in [5.74, 6) is 1.30. The fourth-order valence-corrected chi connectivity index (χ4v) is 2.77. The number of nitrogens with zero attached hydrogens (tertiary/aromatic N) is 1. The number of aliphatic hydroxyl groups is 2. The highest BCUT2D eigenvalue weighted by Gasteiger charge is 2.12. The lowest BCUT2D eigenvalue weighted by Gasteiger charge is -2.15. The molecule has 0 aliphatic carbocycles. The monoisotopic (exact) mass is 424 g/mol. The second kappa shape index (κ2) is 12.5. The predicted octanol–water partition coefficient (Wildman–Crippen LogP) is 2.56. The maximum Gasteiger partial charge on any atom is 0.257 e. The highest BCUT2D eigenvalue weighted by atomic mass is 16.5. The van der Waals surface area contributed by atoms with E-state index in [1.165, 1.54) is 0 Å². The van der Waals surface area contributed by atoms with E-state index in [9.17, 15) is 5.11 Å². The van der Waals surface area contributed by atoms with Crippen LogP contribution in [0.2, 0.25) is 0 Å². The normalized spacial score (nSPS) is 11.7. The van der Waals surface area contributed by atoms with Crippen molar-refractivity contribution in [1.82, 2.24) is 10.3 Å². The van der Waals surface area contributed by atoms with Crippen molar-refractivity contribution in [2.75, 3.05) is 26.3 Å². The topological polar surface area (TPSA) is 93.1 Å². The lowest BCUT2D eigenvalue weighted by atomic mass is 10.2. The van der Waals surface area contributed by atoms with E-state index in [1.807, 2.05) is 60.7 Å². The van der Waals surface area contributed by atoms with Gasteiger partial charge in [-0.3, -0.25) is 0 Å². The Bertz CT molecular complexity index is 893. The molecule has 0 amide bonds. The maximum atomic E-state index is 9.98. The molecule has 1 heterocycles. The molecule has 0 bridgehead atoms. The number of nitrogens with one attached hydrogen (secondary N) is 1. The first-order valence-corrected chi connectivity index (χ1v) is 10.2. The molecule has 0 fully saturated rings. The van der Waals surface area contributed by atoms with E-state index in [-0.39, 0.29) is 13.2 Å². The Hall–Kier alpha value is -3.13. The quantitative estimate of drug-likeness (QED) is 0.363. The molecule has 164 valence electrons. The van der Waals surface area contributed by atoms with Gasteiger partial charge in [0.15, 0.2) is 5.75 Å². The minimum atomic E-state index is -0.714. The van der Waals surface area contributed by atoms with E-state index in [4.69, 9.17) is 19.3 Å². The van der Waals surface area contributed by atoms with Crippen LogP contribution in [0.5, 0.6) is 17.4 Å². The van der Waals surface area contributed by atoms with Gasteiger partial charge in [-0.25, -0.2) is 4.98 Å². The highest BCUT2D eigenvalue weighted by Crippen LogP contribution is 2.30. The van der Waals surface area contributed by atoms with Gasteiger partial charge in [-0.1, -0.05) is 60.7 Å². The van der Waals surface area contributed by atoms with Crippen LogP contribution in [0.15, 0.2) is 72.9 Å². The van der Waals surface area contributed by atoms with Crippen LogP contribution in [0.4, 0.5) is 0 Å². The van der Waals surface area contributed by atoms with Crippen LogP contribution in [0, 0.1) is 0 Å². The number of hydrogen-bond donors (Lipinski definition) is 3. The van der Waals surface area contributed by atoms with E-state index in [2.05, 4.69) is 10.3 Å². The van der Waals surface area contributed by atoms with E-state index >= 15 is 0 Å². The van der Waals surface area contributed by atoms with Crippen molar-refractivity contribution >= 4 is 0 Å². The average Bonchev–Trinajstić information content (AvgIpc) is 2.82. The summed E-state index contributed by atoms with van der Waals surface area (Å²) >= 11 is 0. The summed E-state index contributed by atoms with van der Waals surface area (Å²) in [6, 6.07) is 21.4. The van der Waals surface area contributed by atoms with Gasteiger partial charge < -0.3 is 29.7 Å². The number of aromatic nitrogens is 1. The molecule has 0 aliphatic rings. The third-order valence-corrected chi connectivity index (χ3v) is 4.36. The molecule has 1 unspecified atom stereocenters. The molecule has 1 atom stereocenters. The van der Waals surface area contributed by atoms with Crippen LogP contribution in [0.3, 0.4) is 0 Å². The molecule has 2 aromatic carbocycles. The third kappa shape index (κ3) is 7.90. The Morgan fingerprint density at radius 3 is 2.16 bits per heavy atom. The lowest BCUT2D eigenvalue weighted by Crippen LogP contribution is -2.32. The first-order chi connectivity index (χ1) is 15.2. The molecule has 7 heteroatoms. The highest BCUT2D eigenvalue weighted by molar-refractivity contribution is 5.39. The average molecular weight is 424 g/mol. The van der Waals surface area contributed by atoms with Crippen LogP contribution >= 0.6 is 0 Å². The van der Waals surface area contributed by atoms with Crippen LogP contribution in [0.25, 0.3) is 0 Å².